The molecule has 0 aromatic rings. The Morgan fingerprint density at radius 2 is 1.30 bits per heavy atom. The lowest BCUT2D eigenvalue weighted by Crippen LogP contribution is -2.61. The average molecular weight is 274 g/mol. The van der Waals surface area contributed by atoms with Crippen molar-refractivity contribution in [1.82, 2.24) is 0 Å². The van der Waals surface area contributed by atoms with Crippen LogP contribution in [0.1, 0.15) is 26.7 Å². The zero-order chi connectivity index (χ0) is 14.4. The molecule has 0 aliphatic heterocycles. The summed E-state index contributed by atoms with van der Waals surface area (Å²) in [5, 5.41) is 0. The molecule has 4 heteroatoms. The fourth-order valence-corrected chi connectivity index (χ4v) is 6.51. The monoisotopic (exact) mass is 274 g/mol. The highest BCUT2D eigenvalue weighted by Crippen LogP contribution is 2.76. The molecule has 0 aromatic heterocycles. The van der Waals surface area contributed by atoms with Crippen LogP contribution in [0.2, 0.25) is 0 Å². The van der Waals surface area contributed by atoms with Crippen molar-refractivity contribution in [3.63, 3.8) is 0 Å². The summed E-state index contributed by atoms with van der Waals surface area (Å²) in [7, 11) is 0. The van der Waals surface area contributed by atoms with Crippen molar-refractivity contribution in [1.29, 1.82) is 0 Å². The fourth-order valence-electron chi connectivity index (χ4n) is 6.51. The fraction of sp³-hybridized carbons (Fsp3) is 0.750. The molecule has 4 aliphatic rings. The van der Waals surface area contributed by atoms with Gasteiger partial charge in [-0.25, -0.2) is 0 Å². The first-order valence-corrected chi connectivity index (χ1v) is 7.61. The zero-order valence-electron chi connectivity index (χ0n) is 12.0. The first kappa shape index (κ1) is 12.4. The van der Waals surface area contributed by atoms with Gasteiger partial charge in [0.05, 0.1) is 10.8 Å². The lowest BCUT2D eigenvalue weighted by Gasteiger charge is -2.51. The summed E-state index contributed by atoms with van der Waals surface area (Å²) in [5.41, 5.74) is 9.92. The quantitative estimate of drug-likeness (QED) is 0.582. The van der Waals surface area contributed by atoms with E-state index in [0.717, 1.165) is 6.42 Å². The van der Waals surface area contributed by atoms with E-state index in [0.29, 0.717) is 23.7 Å². The standard InChI is InChI=1S/C16H22N2O2/c1-15(13(17)19)9-6-10(16(15,2)14(18)20)12-8-4-3-7(5-8)11(9)12/h3-4,7-12H,5-6H2,1-2H3,(H2,17,19)(H2,18,20). The van der Waals surface area contributed by atoms with Crippen LogP contribution in [-0.2, 0) is 9.59 Å². The predicted molar refractivity (Wildman–Crippen MR) is 73.9 cm³/mol. The molecule has 0 heterocycles. The molecule has 8 atom stereocenters. The van der Waals surface area contributed by atoms with Crippen LogP contribution in [-0.4, -0.2) is 11.8 Å². The molecule has 4 aliphatic carbocycles. The molecule has 0 saturated heterocycles. The van der Waals surface area contributed by atoms with Crippen LogP contribution >= 0.6 is 0 Å². The van der Waals surface area contributed by atoms with Gasteiger partial charge in [0.1, 0.15) is 0 Å². The molecule has 3 saturated carbocycles. The van der Waals surface area contributed by atoms with Crippen molar-refractivity contribution in [3.8, 4) is 0 Å². The lowest BCUT2D eigenvalue weighted by molar-refractivity contribution is -0.158. The maximum Gasteiger partial charge on any atom is 0.224 e. The van der Waals surface area contributed by atoms with Crippen LogP contribution in [0.4, 0.5) is 0 Å². The van der Waals surface area contributed by atoms with Crippen LogP contribution in [0.15, 0.2) is 12.2 Å². The van der Waals surface area contributed by atoms with E-state index in [1.807, 2.05) is 13.8 Å². The van der Waals surface area contributed by atoms with Crippen LogP contribution in [0.5, 0.6) is 0 Å². The highest BCUT2D eigenvalue weighted by Gasteiger charge is 2.76. The smallest absolute Gasteiger partial charge is 0.224 e. The van der Waals surface area contributed by atoms with Gasteiger partial charge in [-0.05, 0) is 62.2 Å². The van der Waals surface area contributed by atoms with E-state index in [4.69, 9.17) is 11.5 Å². The normalized spacial score (nSPS) is 58.1. The molecule has 0 radical (unpaired) electrons. The molecule has 4 N–H and O–H groups in total. The van der Waals surface area contributed by atoms with E-state index in [-0.39, 0.29) is 23.7 Å². The number of allylic oxidation sites excluding steroid dienone is 2. The van der Waals surface area contributed by atoms with Gasteiger partial charge in [-0.1, -0.05) is 12.2 Å². The van der Waals surface area contributed by atoms with Gasteiger partial charge in [0, 0.05) is 0 Å². The molecule has 2 amide bonds. The number of hydrogen-bond donors (Lipinski definition) is 2. The van der Waals surface area contributed by atoms with E-state index < -0.39 is 10.8 Å². The third-order valence-corrected chi connectivity index (χ3v) is 7.61. The summed E-state index contributed by atoms with van der Waals surface area (Å²) < 4.78 is 0. The van der Waals surface area contributed by atoms with Gasteiger partial charge >= 0.3 is 0 Å². The Hall–Kier alpha value is -1.32. The molecule has 4 bridgehead atoms. The van der Waals surface area contributed by atoms with Crippen LogP contribution in [0.3, 0.4) is 0 Å². The van der Waals surface area contributed by atoms with Crippen molar-refractivity contribution in [2.24, 2.45) is 57.8 Å². The number of carbonyl (C=O) groups excluding carboxylic acids is 2. The van der Waals surface area contributed by atoms with Gasteiger partial charge in [-0.2, -0.15) is 0 Å². The molecule has 3 fully saturated rings. The highest BCUT2D eigenvalue weighted by atomic mass is 16.2. The molecule has 20 heavy (non-hydrogen) atoms. The Bertz CT molecular complexity index is 511. The second kappa shape index (κ2) is 3.29. The van der Waals surface area contributed by atoms with E-state index in [9.17, 15) is 9.59 Å². The minimum atomic E-state index is -0.789. The molecular formula is C16H22N2O2. The van der Waals surface area contributed by atoms with Crippen LogP contribution in [0.25, 0.3) is 0 Å². The average Bonchev–Trinajstić information content (AvgIpc) is 3.09. The maximum atomic E-state index is 12.2. The molecule has 4 nitrogen and oxygen atoms in total. The number of rotatable bonds is 2. The van der Waals surface area contributed by atoms with Crippen LogP contribution in [0, 0.1) is 46.3 Å². The van der Waals surface area contributed by atoms with Gasteiger partial charge in [0.25, 0.3) is 0 Å². The molecule has 8 unspecified atom stereocenters. The maximum absolute atomic E-state index is 12.2. The Morgan fingerprint density at radius 3 is 1.65 bits per heavy atom. The van der Waals surface area contributed by atoms with E-state index in [1.54, 1.807) is 0 Å². The third-order valence-electron chi connectivity index (χ3n) is 7.61. The van der Waals surface area contributed by atoms with Gasteiger partial charge in [-0.15, -0.1) is 0 Å². The first-order chi connectivity index (χ1) is 9.33. The Morgan fingerprint density at radius 1 is 0.900 bits per heavy atom. The number of carbonyl (C=O) groups is 2. The van der Waals surface area contributed by atoms with E-state index >= 15 is 0 Å². The summed E-state index contributed by atoms with van der Waals surface area (Å²) in [4.78, 5) is 24.4. The van der Waals surface area contributed by atoms with E-state index in [1.165, 1.54) is 6.42 Å². The SMILES string of the molecule is CC1(C(N)=O)C2CC(C3C4C=CC(C4)C32)C1(C)C(N)=O. The number of amides is 2. The zero-order valence-corrected chi connectivity index (χ0v) is 12.0. The highest BCUT2D eigenvalue weighted by molar-refractivity contribution is 5.93. The molecule has 0 spiro atoms. The van der Waals surface area contributed by atoms with E-state index in [2.05, 4.69) is 12.2 Å². The first-order valence-electron chi connectivity index (χ1n) is 7.61. The Balaban J connectivity index is 1.89. The molecule has 108 valence electrons. The van der Waals surface area contributed by atoms with Crippen molar-refractivity contribution in [3.05, 3.63) is 12.2 Å². The van der Waals surface area contributed by atoms with Crippen molar-refractivity contribution in [2.45, 2.75) is 26.7 Å². The third kappa shape index (κ3) is 0.980. The summed E-state index contributed by atoms with van der Waals surface area (Å²) in [6, 6.07) is 0. The number of fused-ring (bicyclic) bond motifs is 9. The molecular weight excluding hydrogens is 252 g/mol. The Kier molecular flexibility index (Phi) is 2.04. The summed E-state index contributed by atoms with van der Waals surface area (Å²) in [6.45, 7) is 3.77. The Labute approximate surface area is 119 Å². The van der Waals surface area contributed by atoms with Gasteiger partial charge in [0.15, 0.2) is 0 Å². The second-order valence-corrected chi connectivity index (χ2v) is 7.68. The minimum Gasteiger partial charge on any atom is -0.369 e. The van der Waals surface area contributed by atoms with Gasteiger partial charge in [-0.3, -0.25) is 9.59 Å². The predicted octanol–water partition coefficient (Wildman–Crippen LogP) is 1.06. The summed E-state index contributed by atoms with van der Waals surface area (Å²) in [5.74, 6) is 1.94. The topological polar surface area (TPSA) is 86.2 Å². The summed E-state index contributed by atoms with van der Waals surface area (Å²) >= 11 is 0. The van der Waals surface area contributed by atoms with Crippen molar-refractivity contribution in [2.75, 3.05) is 0 Å². The molecule has 4 rings (SSSR count). The van der Waals surface area contributed by atoms with Gasteiger partial charge < -0.3 is 11.5 Å². The number of hydrogen-bond acceptors (Lipinski definition) is 2. The number of nitrogens with two attached hydrogens (primary N) is 2. The largest absolute Gasteiger partial charge is 0.369 e. The lowest BCUT2D eigenvalue weighted by atomic mass is 9.50. The molecule has 0 aromatic carbocycles. The van der Waals surface area contributed by atoms with Crippen LogP contribution < -0.4 is 11.5 Å². The second-order valence-electron chi connectivity index (χ2n) is 7.68. The summed E-state index contributed by atoms with van der Waals surface area (Å²) in [6.07, 6.45) is 6.75. The van der Waals surface area contributed by atoms with Gasteiger partial charge in [0.2, 0.25) is 11.8 Å². The van der Waals surface area contributed by atoms with Crippen molar-refractivity contribution < 1.29 is 9.59 Å². The number of primary amides is 2. The minimum absolute atomic E-state index is 0.215. The van der Waals surface area contributed by atoms with Crippen molar-refractivity contribution >= 4 is 11.8 Å².